The van der Waals surface area contributed by atoms with Crippen LogP contribution in [0, 0.1) is 0 Å². The number of nitrogens with one attached hydrogen (secondary N) is 3. The van der Waals surface area contributed by atoms with Gasteiger partial charge in [-0.2, -0.15) is 5.10 Å². The molecule has 4 N–H and O–H groups in total. The molecular formula is C22H19Cl2N5O5. The summed E-state index contributed by atoms with van der Waals surface area (Å²) in [5.74, 6) is -1.79. The Morgan fingerprint density at radius 2 is 1.82 bits per heavy atom. The number of benzene rings is 2. The SMILES string of the molecule is O=C(Nc1ccc(C[C@H](NC(=O)C2CCc3n[nH]c(=O)n32)C(=O)O)cc1)c1c(Cl)cccc1Cl. The quantitative estimate of drug-likeness (QED) is 0.389. The van der Waals surface area contributed by atoms with Crippen LogP contribution >= 0.6 is 23.2 Å². The van der Waals surface area contributed by atoms with Crippen LogP contribution in [0.2, 0.25) is 10.0 Å². The lowest BCUT2D eigenvalue weighted by Gasteiger charge is -2.18. The summed E-state index contributed by atoms with van der Waals surface area (Å²) in [6.07, 6.45) is 0.820. The summed E-state index contributed by atoms with van der Waals surface area (Å²) < 4.78 is 1.25. The van der Waals surface area contributed by atoms with E-state index < -0.39 is 35.6 Å². The van der Waals surface area contributed by atoms with E-state index in [2.05, 4.69) is 20.8 Å². The molecule has 0 fully saturated rings. The summed E-state index contributed by atoms with van der Waals surface area (Å²) in [5.41, 5.74) is 0.720. The lowest BCUT2D eigenvalue weighted by atomic mass is 10.0. The van der Waals surface area contributed by atoms with Gasteiger partial charge in [-0.05, 0) is 36.2 Å². The number of carbonyl (C=O) groups excluding carboxylic acids is 2. The fourth-order valence-electron chi connectivity index (χ4n) is 3.81. The van der Waals surface area contributed by atoms with Crippen molar-refractivity contribution in [2.75, 3.05) is 5.32 Å². The Morgan fingerprint density at radius 3 is 2.47 bits per heavy atom. The van der Waals surface area contributed by atoms with Crippen molar-refractivity contribution < 1.29 is 19.5 Å². The minimum atomic E-state index is -1.21. The molecule has 2 amide bonds. The highest BCUT2D eigenvalue weighted by molar-refractivity contribution is 6.40. The molecule has 1 unspecified atom stereocenters. The number of hydrogen-bond donors (Lipinski definition) is 4. The van der Waals surface area contributed by atoms with Gasteiger partial charge in [0.1, 0.15) is 17.9 Å². The zero-order valence-electron chi connectivity index (χ0n) is 17.5. The van der Waals surface area contributed by atoms with Crippen molar-refractivity contribution in [1.82, 2.24) is 20.1 Å². The van der Waals surface area contributed by atoms with Crippen molar-refractivity contribution >= 4 is 46.7 Å². The summed E-state index contributed by atoms with van der Waals surface area (Å²) in [6, 6.07) is 9.22. The number of aromatic amines is 1. The van der Waals surface area contributed by atoms with Crippen molar-refractivity contribution in [1.29, 1.82) is 0 Å². The number of anilines is 1. The second kappa shape index (κ2) is 9.70. The van der Waals surface area contributed by atoms with Crippen molar-refractivity contribution in [3.8, 4) is 0 Å². The van der Waals surface area contributed by atoms with Crippen LogP contribution < -0.4 is 16.3 Å². The van der Waals surface area contributed by atoms with E-state index in [-0.39, 0.29) is 22.0 Å². The Morgan fingerprint density at radius 1 is 1.15 bits per heavy atom. The second-order valence-corrected chi connectivity index (χ2v) is 8.54. The molecule has 0 spiro atoms. The molecule has 2 aromatic carbocycles. The van der Waals surface area contributed by atoms with Gasteiger partial charge in [0, 0.05) is 18.5 Å². The van der Waals surface area contributed by atoms with Gasteiger partial charge >= 0.3 is 11.7 Å². The average molecular weight is 504 g/mol. The molecule has 2 heterocycles. The predicted molar refractivity (Wildman–Crippen MR) is 124 cm³/mol. The molecule has 1 aliphatic heterocycles. The number of amides is 2. The molecule has 0 radical (unpaired) electrons. The molecule has 0 bridgehead atoms. The van der Waals surface area contributed by atoms with Crippen LogP contribution in [-0.4, -0.2) is 43.7 Å². The highest BCUT2D eigenvalue weighted by atomic mass is 35.5. The Kier molecular flexibility index (Phi) is 6.71. The van der Waals surface area contributed by atoms with Gasteiger partial charge in [0.15, 0.2) is 0 Å². The van der Waals surface area contributed by atoms with Gasteiger partial charge in [0.25, 0.3) is 5.91 Å². The number of carbonyl (C=O) groups is 3. The summed E-state index contributed by atoms with van der Waals surface area (Å²) >= 11 is 12.1. The van der Waals surface area contributed by atoms with Crippen LogP contribution in [0.15, 0.2) is 47.3 Å². The normalized spacial score (nSPS) is 15.4. The van der Waals surface area contributed by atoms with Gasteiger partial charge in [0.2, 0.25) is 5.91 Å². The molecule has 1 aromatic heterocycles. The second-order valence-electron chi connectivity index (χ2n) is 7.72. The van der Waals surface area contributed by atoms with Gasteiger partial charge in [-0.25, -0.2) is 14.7 Å². The predicted octanol–water partition coefficient (Wildman–Crippen LogP) is 2.43. The summed E-state index contributed by atoms with van der Waals surface area (Å²) in [4.78, 5) is 48.8. The maximum absolute atomic E-state index is 12.7. The fraction of sp³-hybridized carbons (Fsp3) is 0.227. The molecule has 0 saturated carbocycles. The van der Waals surface area contributed by atoms with E-state index in [1.807, 2.05) is 0 Å². The lowest BCUT2D eigenvalue weighted by Crippen LogP contribution is -2.45. The van der Waals surface area contributed by atoms with E-state index in [1.54, 1.807) is 42.5 Å². The zero-order valence-corrected chi connectivity index (χ0v) is 19.1. The number of nitrogens with zero attached hydrogens (tertiary/aromatic N) is 2. The lowest BCUT2D eigenvalue weighted by molar-refractivity contribution is -0.142. The Bertz CT molecular complexity index is 1300. The number of H-pyrrole nitrogens is 1. The van der Waals surface area contributed by atoms with Gasteiger partial charge < -0.3 is 15.7 Å². The topological polar surface area (TPSA) is 146 Å². The fourth-order valence-corrected chi connectivity index (χ4v) is 4.38. The Hall–Kier alpha value is -3.63. The highest BCUT2D eigenvalue weighted by Gasteiger charge is 2.33. The Labute approximate surface area is 202 Å². The molecule has 10 nitrogen and oxygen atoms in total. The van der Waals surface area contributed by atoms with Crippen LogP contribution in [0.3, 0.4) is 0 Å². The molecule has 3 aromatic rings. The van der Waals surface area contributed by atoms with E-state index in [1.165, 1.54) is 4.57 Å². The first kappa shape index (κ1) is 23.5. The number of aromatic nitrogens is 3. The van der Waals surface area contributed by atoms with E-state index >= 15 is 0 Å². The number of hydrogen-bond acceptors (Lipinski definition) is 5. The van der Waals surface area contributed by atoms with Crippen LogP contribution in [0.5, 0.6) is 0 Å². The molecule has 176 valence electrons. The third-order valence-corrected chi connectivity index (χ3v) is 6.12. The molecule has 0 saturated heterocycles. The molecular weight excluding hydrogens is 485 g/mol. The highest BCUT2D eigenvalue weighted by Crippen LogP contribution is 2.26. The summed E-state index contributed by atoms with van der Waals surface area (Å²) in [7, 11) is 0. The third-order valence-electron chi connectivity index (χ3n) is 5.49. The van der Waals surface area contributed by atoms with E-state index in [4.69, 9.17) is 23.2 Å². The standard InChI is InChI=1S/C22H19Cl2N5O5/c23-13-2-1-3-14(24)18(13)20(31)25-12-6-4-11(5-7-12)10-15(21(32)33)26-19(30)16-8-9-17-27-28-22(34)29(16)17/h1-7,15-16H,8-10H2,(H,25,31)(H,26,30)(H,28,34)(H,32,33)/t15-,16?/m0/s1. The number of rotatable bonds is 7. The van der Waals surface area contributed by atoms with Crippen molar-refractivity contribution in [3.05, 3.63) is 79.9 Å². The number of aryl methyl sites for hydroxylation is 1. The maximum Gasteiger partial charge on any atom is 0.344 e. The van der Waals surface area contributed by atoms with Crippen molar-refractivity contribution in [3.63, 3.8) is 0 Å². The van der Waals surface area contributed by atoms with E-state index in [0.29, 0.717) is 29.9 Å². The first-order chi connectivity index (χ1) is 16.2. The molecule has 4 rings (SSSR count). The van der Waals surface area contributed by atoms with Crippen LogP contribution in [-0.2, 0) is 22.4 Å². The number of aliphatic carboxylic acids is 1. The van der Waals surface area contributed by atoms with Crippen LogP contribution in [0.1, 0.15) is 34.2 Å². The maximum atomic E-state index is 12.7. The van der Waals surface area contributed by atoms with E-state index in [9.17, 15) is 24.3 Å². The van der Waals surface area contributed by atoms with Gasteiger partial charge in [-0.1, -0.05) is 41.4 Å². The summed E-state index contributed by atoms with van der Waals surface area (Å²) in [5, 5.41) is 21.4. The smallest absolute Gasteiger partial charge is 0.344 e. The number of carboxylic acids is 1. The molecule has 2 atom stereocenters. The number of carboxylic acid groups (broad SMARTS) is 1. The zero-order chi connectivity index (χ0) is 24.4. The van der Waals surface area contributed by atoms with Crippen molar-refractivity contribution in [2.45, 2.75) is 31.3 Å². The van der Waals surface area contributed by atoms with E-state index in [0.717, 1.165) is 0 Å². The largest absolute Gasteiger partial charge is 0.480 e. The molecule has 34 heavy (non-hydrogen) atoms. The minimum absolute atomic E-state index is 0.00546. The van der Waals surface area contributed by atoms with Gasteiger partial charge in [-0.3, -0.25) is 14.2 Å². The first-order valence-corrected chi connectivity index (χ1v) is 11.0. The van der Waals surface area contributed by atoms with Crippen LogP contribution in [0.4, 0.5) is 5.69 Å². The molecule has 1 aliphatic rings. The van der Waals surface area contributed by atoms with Gasteiger partial charge in [-0.15, -0.1) is 0 Å². The number of halogens is 2. The number of fused-ring (bicyclic) bond motifs is 1. The monoisotopic (exact) mass is 503 g/mol. The Balaban J connectivity index is 1.41. The third kappa shape index (κ3) is 4.82. The van der Waals surface area contributed by atoms with Crippen molar-refractivity contribution in [2.24, 2.45) is 0 Å². The summed E-state index contributed by atoms with van der Waals surface area (Å²) in [6.45, 7) is 0. The minimum Gasteiger partial charge on any atom is -0.480 e. The van der Waals surface area contributed by atoms with Crippen LogP contribution in [0.25, 0.3) is 0 Å². The first-order valence-electron chi connectivity index (χ1n) is 10.3. The molecule has 0 aliphatic carbocycles. The average Bonchev–Trinajstić information content (AvgIpc) is 3.37. The van der Waals surface area contributed by atoms with Gasteiger partial charge in [0.05, 0.1) is 15.6 Å². The molecule has 12 heteroatoms.